The van der Waals surface area contributed by atoms with Gasteiger partial charge in [0.1, 0.15) is 0 Å². The summed E-state index contributed by atoms with van der Waals surface area (Å²) in [4.78, 5) is 25.9. The Kier molecular flexibility index (Phi) is 6.77. The molecule has 2 amide bonds. The van der Waals surface area contributed by atoms with E-state index in [1.807, 2.05) is 39.8 Å². The highest BCUT2D eigenvalue weighted by atomic mass is 16.2. The van der Waals surface area contributed by atoms with Gasteiger partial charge in [-0.05, 0) is 24.1 Å². The van der Waals surface area contributed by atoms with E-state index in [0.717, 1.165) is 12.0 Å². The lowest BCUT2D eigenvalue weighted by Crippen LogP contribution is -2.43. The average molecular weight is 315 g/mol. The normalized spacial score (nSPS) is 10.7. The second-order valence-corrected chi connectivity index (χ2v) is 6.56. The molecule has 0 saturated carbocycles. The van der Waals surface area contributed by atoms with Crippen LogP contribution < -0.4 is 5.32 Å². The number of carbonyl (C=O) groups excluding carboxylic acids is 2. The molecule has 0 bridgehead atoms. The molecule has 0 radical (unpaired) electrons. The van der Waals surface area contributed by atoms with Crippen LogP contribution in [-0.2, 0) is 16.1 Å². The summed E-state index contributed by atoms with van der Waals surface area (Å²) in [6, 6.07) is 9.26. The molecule has 5 nitrogen and oxygen atoms in total. The van der Waals surface area contributed by atoms with E-state index in [4.69, 9.17) is 5.26 Å². The number of rotatable bonds is 6. The molecule has 0 aliphatic carbocycles. The number of nitriles is 1. The third-order valence-electron chi connectivity index (χ3n) is 3.38. The molecule has 23 heavy (non-hydrogen) atoms. The van der Waals surface area contributed by atoms with E-state index in [-0.39, 0.29) is 18.4 Å². The quantitative estimate of drug-likeness (QED) is 0.876. The minimum Gasteiger partial charge on any atom is -0.347 e. The highest BCUT2D eigenvalue weighted by molar-refractivity contribution is 5.87. The zero-order valence-corrected chi connectivity index (χ0v) is 14.3. The lowest BCUT2D eigenvalue weighted by molar-refractivity contribution is -0.135. The van der Waals surface area contributed by atoms with Gasteiger partial charge in [-0.25, -0.2) is 0 Å². The van der Waals surface area contributed by atoms with Crippen LogP contribution in [0.4, 0.5) is 0 Å². The van der Waals surface area contributed by atoms with Gasteiger partial charge in [0.2, 0.25) is 11.8 Å². The Morgan fingerprint density at radius 1 is 1.22 bits per heavy atom. The minimum absolute atomic E-state index is 0.00633. The van der Waals surface area contributed by atoms with Crippen LogP contribution in [0.5, 0.6) is 0 Å². The molecule has 0 aliphatic rings. The molecule has 1 aromatic carbocycles. The summed E-state index contributed by atoms with van der Waals surface area (Å²) in [5.41, 5.74) is 1.05. The SMILES string of the molecule is CCCN(Cc1ccc(C#N)cc1)C(=O)CNC(=O)C(C)(C)C. The maximum Gasteiger partial charge on any atom is 0.242 e. The van der Waals surface area contributed by atoms with Gasteiger partial charge in [-0.1, -0.05) is 39.8 Å². The highest BCUT2D eigenvalue weighted by Crippen LogP contribution is 2.12. The highest BCUT2D eigenvalue weighted by Gasteiger charge is 2.22. The fourth-order valence-corrected chi connectivity index (χ4v) is 2.00. The topological polar surface area (TPSA) is 73.2 Å². The van der Waals surface area contributed by atoms with Crippen LogP contribution >= 0.6 is 0 Å². The van der Waals surface area contributed by atoms with Crippen LogP contribution in [-0.4, -0.2) is 29.8 Å². The molecule has 0 saturated heterocycles. The fraction of sp³-hybridized carbons (Fsp3) is 0.500. The summed E-state index contributed by atoms with van der Waals surface area (Å²) in [6.07, 6.45) is 0.842. The predicted molar refractivity (Wildman–Crippen MR) is 89.3 cm³/mol. The molecule has 1 aromatic rings. The summed E-state index contributed by atoms with van der Waals surface area (Å²) in [5.74, 6) is -0.241. The van der Waals surface area contributed by atoms with Gasteiger partial charge in [-0.2, -0.15) is 5.26 Å². The summed E-state index contributed by atoms with van der Waals surface area (Å²) in [6.45, 7) is 8.56. The summed E-state index contributed by atoms with van der Waals surface area (Å²) < 4.78 is 0. The molecule has 0 aromatic heterocycles. The summed E-state index contributed by atoms with van der Waals surface area (Å²) in [5, 5.41) is 11.5. The van der Waals surface area contributed by atoms with Crippen LogP contribution in [0.1, 0.15) is 45.2 Å². The second kappa shape index (κ2) is 8.33. The standard InChI is InChI=1S/C18H25N3O2/c1-5-10-21(13-15-8-6-14(11-19)7-9-15)16(22)12-20-17(23)18(2,3)4/h6-9H,5,10,12-13H2,1-4H3,(H,20,23). The Balaban J connectivity index is 2.67. The second-order valence-electron chi connectivity index (χ2n) is 6.56. The monoisotopic (exact) mass is 315 g/mol. The molecular formula is C18H25N3O2. The average Bonchev–Trinajstić information content (AvgIpc) is 2.51. The van der Waals surface area contributed by atoms with Crippen LogP contribution in [0.15, 0.2) is 24.3 Å². The van der Waals surface area contributed by atoms with Gasteiger partial charge in [0.05, 0.1) is 18.2 Å². The van der Waals surface area contributed by atoms with Gasteiger partial charge < -0.3 is 10.2 Å². The number of carbonyl (C=O) groups is 2. The van der Waals surface area contributed by atoms with Crippen LogP contribution in [0.3, 0.4) is 0 Å². The van der Waals surface area contributed by atoms with Crippen molar-refractivity contribution < 1.29 is 9.59 Å². The first-order valence-electron chi connectivity index (χ1n) is 7.83. The van der Waals surface area contributed by atoms with E-state index in [1.165, 1.54) is 0 Å². The van der Waals surface area contributed by atoms with Crippen molar-refractivity contribution in [2.24, 2.45) is 5.41 Å². The number of nitrogens with one attached hydrogen (secondary N) is 1. The first-order valence-corrected chi connectivity index (χ1v) is 7.83. The van der Waals surface area contributed by atoms with E-state index in [2.05, 4.69) is 11.4 Å². The Hall–Kier alpha value is -2.35. The Morgan fingerprint density at radius 3 is 2.30 bits per heavy atom. The number of hydrogen-bond acceptors (Lipinski definition) is 3. The van der Waals surface area contributed by atoms with Gasteiger partial charge in [0.15, 0.2) is 0 Å². The van der Waals surface area contributed by atoms with Crippen molar-refractivity contribution in [3.05, 3.63) is 35.4 Å². The molecule has 0 fully saturated rings. The maximum absolute atomic E-state index is 12.4. The van der Waals surface area contributed by atoms with Crippen LogP contribution in [0.2, 0.25) is 0 Å². The molecule has 1 rings (SSSR count). The van der Waals surface area contributed by atoms with Crippen molar-refractivity contribution in [3.63, 3.8) is 0 Å². The molecular weight excluding hydrogens is 290 g/mol. The van der Waals surface area contributed by atoms with Crippen molar-refractivity contribution in [2.45, 2.75) is 40.7 Å². The number of amides is 2. The van der Waals surface area contributed by atoms with Gasteiger partial charge in [-0.15, -0.1) is 0 Å². The first-order chi connectivity index (χ1) is 10.8. The smallest absolute Gasteiger partial charge is 0.242 e. The molecule has 0 aliphatic heterocycles. The van der Waals surface area contributed by atoms with Gasteiger partial charge in [-0.3, -0.25) is 9.59 Å². The molecule has 0 spiro atoms. The van der Waals surface area contributed by atoms with Crippen molar-refractivity contribution in [3.8, 4) is 6.07 Å². The largest absolute Gasteiger partial charge is 0.347 e. The molecule has 0 atom stereocenters. The Labute approximate surface area is 138 Å². The predicted octanol–water partition coefficient (Wildman–Crippen LogP) is 2.46. The summed E-state index contributed by atoms with van der Waals surface area (Å²) in [7, 11) is 0. The van der Waals surface area contributed by atoms with E-state index in [9.17, 15) is 9.59 Å². The Bertz CT molecular complexity index is 580. The minimum atomic E-state index is -0.511. The van der Waals surface area contributed by atoms with Gasteiger partial charge >= 0.3 is 0 Å². The molecule has 0 unspecified atom stereocenters. The lowest BCUT2D eigenvalue weighted by Gasteiger charge is -2.24. The zero-order chi connectivity index (χ0) is 17.5. The van der Waals surface area contributed by atoms with E-state index in [1.54, 1.807) is 17.0 Å². The van der Waals surface area contributed by atoms with Crippen LogP contribution in [0.25, 0.3) is 0 Å². The third-order valence-corrected chi connectivity index (χ3v) is 3.38. The molecule has 1 N–H and O–H groups in total. The number of benzene rings is 1. The van der Waals surface area contributed by atoms with Crippen molar-refractivity contribution >= 4 is 11.8 Å². The fourth-order valence-electron chi connectivity index (χ4n) is 2.00. The third kappa shape index (κ3) is 6.11. The van der Waals surface area contributed by atoms with E-state index >= 15 is 0 Å². The van der Waals surface area contributed by atoms with Gasteiger partial charge in [0.25, 0.3) is 0 Å². The molecule has 5 heteroatoms. The van der Waals surface area contributed by atoms with E-state index < -0.39 is 5.41 Å². The van der Waals surface area contributed by atoms with Gasteiger partial charge in [0, 0.05) is 18.5 Å². The Morgan fingerprint density at radius 2 is 1.83 bits per heavy atom. The number of hydrogen-bond donors (Lipinski definition) is 1. The summed E-state index contributed by atoms with van der Waals surface area (Å²) >= 11 is 0. The molecule has 0 heterocycles. The molecule has 124 valence electrons. The van der Waals surface area contributed by atoms with Crippen LogP contribution in [0, 0.1) is 16.7 Å². The maximum atomic E-state index is 12.4. The van der Waals surface area contributed by atoms with E-state index in [0.29, 0.717) is 18.7 Å². The zero-order valence-electron chi connectivity index (χ0n) is 14.3. The lowest BCUT2D eigenvalue weighted by atomic mass is 9.96. The van der Waals surface area contributed by atoms with Crippen molar-refractivity contribution in [1.82, 2.24) is 10.2 Å². The first kappa shape index (κ1) is 18.7. The van der Waals surface area contributed by atoms with Crippen molar-refractivity contribution in [2.75, 3.05) is 13.1 Å². The number of nitrogens with zero attached hydrogens (tertiary/aromatic N) is 2. The van der Waals surface area contributed by atoms with Crippen molar-refractivity contribution in [1.29, 1.82) is 5.26 Å².